The number of carbonyl (C=O) groups excluding carboxylic acids is 1. The molecular formula is C13H22N4O2. The van der Waals surface area contributed by atoms with E-state index in [9.17, 15) is 4.79 Å². The van der Waals surface area contributed by atoms with Crippen molar-refractivity contribution in [1.82, 2.24) is 19.9 Å². The number of likely N-dealkylation sites (N-methyl/N-ethyl adjacent to an activating group) is 2. The van der Waals surface area contributed by atoms with E-state index < -0.39 is 0 Å². The van der Waals surface area contributed by atoms with Gasteiger partial charge in [-0.1, -0.05) is 5.16 Å². The van der Waals surface area contributed by atoms with Crippen LogP contribution in [0.25, 0.3) is 0 Å². The van der Waals surface area contributed by atoms with Crippen molar-refractivity contribution in [1.29, 1.82) is 0 Å². The molecule has 0 N–H and O–H groups in total. The van der Waals surface area contributed by atoms with Crippen LogP contribution in [0.5, 0.6) is 0 Å². The average molecular weight is 266 g/mol. The number of hydrogen-bond donors (Lipinski definition) is 0. The van der Waals surface area contributed by atoms with Crippen molar-refractivity contribution in [3.05, 3.63) is 11.7 Å². The molecule has 0 bridgehead atoms. The van der Waals surface area contributed by atoms with E-state index in [0.717, 1.165) is 26.1 Å². The minimum atomic E-state index is -0.324. The first-order valence-corrected chi connectivity index (χ1v) is 6.71. The summed E-state index contributed by atoms with van der Waals surface area (Å²) in [5.41, 5.74) is 0. The van der Waals surface area contributed by atoms with Gasteiger partial charge in [-0.2, -0.15) is 4.98 Å². The highest BCUT2D eigenvalue weighted by atomic mass is 16.5. The topological polar surface area (TPSA) is 62.5 Å². The van der Waals surface area contributed by atoms with Crippen LogP contribution in [0.1, 0.15) is 43.9 Å². The van der Waals surface area contributed by atoms with E-state index >= 15 is 0 Å². The van der Waals surface area contributed by atoms with Crippen molar-refractivity contribution in [2.45, 2.75) is 32.2 Å². The molecule has 1 aromatic heterocycles. The van der Waals surface area contributed by atoms with Crippen LogP contribution in [-0.2, 0) is 4.79 Å². The number of aromatic nitrogens is 2. The highest BCUT2D eigenvalue weighted by molar-refractivity contribution is 5.81. The van der Waals surface area contributed by atoms with Crippen LogP contribution in [0.3, 0.4) is 0 Å². The fraction of sp³-hybridized carbons (Fsp3) is 0.769. The van der Waals surface area contributed by atoms with E-state index in [-0.39, 0.29) is 17.7 Å². The second kappa shape index (κ2) is 5.79. The summed E-state index contributed by atoms with van der Waals surface area (Å²) in [5.74, 6) is 0.818. The molecule has 0 spiro atoms. The van der Waals surface area contributed by atoms with Crippen molar-refractivity contribution in [3.63, 3.8) is 0 Å². The molecule has 6 heteroatoms. The second-order valence-electron chi connectivity index (χ2n) is 5.44. The van der Waals surface area contributed by atoms with Crippen molar-refractivity contribution in [2.75, 3.05) is 33.7 Å². The number of ketones is 1. The average Bonchev–Trinajstić information content (AvgIpc) is 2.77. The van der Waals surface area contributed by atoms with Gasteiger partial charge < -0.3 is 9.42 Å². The number of hydrogen-bond acceptors (Lipinski definition) is 6. The largest absolute Gasteiger partial charge is 0.339 e. The van der Waals surface area contributed by atoms with Crippen molar-refractivity contribution in [2.24, 2.45) is 0 Å². The molecular weight excluding hydrogens is 244 g/mol. The standard InChI is InChI=1S/C13H22N4O2/c1-9(10(2)18)13-14-12(15-19-13)11-8-16(3)6-5-7-17(11)4/h9,11H,5-8H2,1-4H3. The third-order valence-corrected chi connectivity index (χ3v) is 3.80. The number of rotatable bonds is 3. The fourth-order valence-electron chi connectivity index (χ4n) is 2.28. The quantitative estimate of drug-likeness (QED) is 0.815. The summed E-state index contributed by atoms with van der Waals surface area (Å²) in [4.78, 5) is 20.3. The van der Waals surface area contributed by atoms with E-state index in [1.54, 1.807) is 13.8 Å². The van der Waals surface area contributed by atoms with E-state index in [2.05, 4.69) is 34.0 Å². The highest BCUT2D eigenvalue weighted by Gasteiger charge is 2.28. The molecule has 19 heavy (non-hydrogen) atoms. The predicted octanol–water partition coefficient (Wildman–Crippen LogP) is 1.07. The Labute approximate surface area is 113 Å². The molecule has 2 atom stereocenters. The molecule has 0 saturated carbocycles. The van der Waals surface area contributed by atoms with Crippen molar-refractivity contribution >= 4 is 5.78 Å². The van der Waals surface area contributed by atoms with E-state index in [1.165, 1.54) is 0 Å². The summed E-state index contributed by atoms with van der Waals surface area (Å²) in [6.07, 6.45) is 1.14. The van der Waals surface area contributed by atoms with Crippen LogP contribution >= 0.6 is 0 Å². The molecule has 0 aliphatic carbocycles. The normalized spacial score (nSPS) is 24.1. The van der Waals surface area contributed by atoms with Gasteiger partial charge in [-0.3, -0.25) is 9.69 Å². The lowest BCUT2D eigenvalue weighted by Gasteiger charge is -2.24. The van der Waals surface area contributed by atoms with Gasteiger partial charge in [0.1, 0.15) is 5.78 Å². The van der Waals surface area contributed by atoms with Crippen molar-refractivity contribution < 1.29 is 9.32 Å². The van der Waals surface area contributed by atoms with Gasteiger partial charge in [-0.15, -0.1) is 0 Å². The molecule has 106 valence electrons. The third kappa shape index (κ3) is 3.19. The number of nitrogens with zero attached hydrogens (tertiary/aromatic N) is 4. The maximum Gasteiger partial charge on any atom is 0.236 e. The van der Waals surface area contributed by atoms with Gasteiger partial charge in [0, 0.05) is 6.54 Å². The van der Waals surface area contributed by atoms with Crippen LogP contribution in [0, 0.1) is 0 Å². The first-order valence-electron chi connectivity index (χ1n) is 6.71. The zero-order valence-corrected chi connectivity index (χ0v) is 12.1. The van der Waals surface area contributed by atoms with Gasteiger partial charge in [0.25, 0.3) is 0 Å². The Morgan fingerprint density at radius 1 is 1.42 bits per heavy atom. The second-order valence-corrected chi connectivity index (χ2v) is 5.44. The van der Waals surface area contributed by atoms with Gasteiger partial charge in [-0.25, -0.2) is 0 Å². The van der Waals surface area contributed by atoms with Crippen LogP contribution in [-0.4, -0.2) is 59.5 Å². The molecule has 1 aliphatic rings. The van der Waals surface area contributed by atoms with Gasteiger partial charge in [0.15, 0.2) is 5.82 Å². The van der Waals surface area contributed by atoms with Gasteiger partial charge in [0.2, 0.25) is 5.89 Å². The zero-order chi connectivity index (χ0) is 14.0. The molecule has 0 radical (unpaired) electrons. The molecule has 2 unspecified atom stereocenters. The summed E-state index contributed by atoms with van der Waals surface area (Å²) in [5, 5.41) is 4.06. The summed E-state index contributed by atoms with van der Waals surface area (Å²) in [6.45, 7) is 6.31. The molecule has 6 nitrogen and oxygen atoms in total. The van der Waals surface area contributed by atoms with E-state index in [4.69, 9.17) is 4.52 Å². The highest BCUT2D eigenvalue weighted by Crippen LogP contribution is 2.23. The van der Waals surface area contributed by atoms with Gasteiger partial charge >= 0.3 is 0 Å². The van der Waals surface area contributed by atoms with Gasteiger partial charge in [-0.05, 0) is 47.5 Å². The molecule has 1 saturated heterocycles. The maximum atomic E-state index is 11.4. The molecule has 2 rings (SSSR count). The lowest BCUT2D eigenvalue weighted by Crippen LogP contribution is -2.31. The Kier molecular flexibility index (Phi) is 4.31. The van der Waals surface area contributed by atoms with Crippen molar-refractivity contribution in [3.8, 4) is 0 Å². The molecule has 1 aromatic rings. The minimum Gasteiger partial charge on any atom is -0.339 e. The van der Waals surface area contributed by atoms with Crippen LogP contribution in [0.2, 0.25) is 0 Å². The molecule has 0 aromatic carbocycles. The number of Topliss-reactive ketones (excluding diaryl/α,β-unsaturated/α-hetero) is 1. The SMILES string of the molecule is CC(=O)C(C)c1nc(C2CN(C)CCCN2C)no1. The maximum absolute atomic E-state index is 11.4. The Bertz CT molecular complexity index is 446. The Balaban J connectivity index is 2.18. The lowest BCUT2D eigenvalue weighted by molar-refractivity contribution is -0.118. The fourth-order valence-corrected chi connectivity index (χ4v) is 2.28. The molecule has 2 heterocycles. The summed E-state index contributed by atoms with van der Waals surface area (Å²) < 4.78 is 5.24. The Morgan fingerprint density at radius 2 is 2.16 bits per heavy atom. The summed E-state index contributed by atoms with van der Waals surface area (Å²) in [6, 6.07) is 0.129. The zero-order valence-electron chi connectivity index (χ0n) is 12.1. The summed E-state index contributed by atoms with van der Waals surface area (Å²) in [7, 11) is 4.18. The van der Waals surface area contributed by atoms with E-state index in [1.807, 2.05) is 0 Å². The smallest absolute Gasteiger partial charge is 0.236 e. The first kappa shape index (κ1) is 14.1. The Hall–Kier alpha value is -1.27. The van der Waals surface area contributed by atoms with Crippen LogP contribution in [0.15, 0.2) is 4.52 Å². The predicted molar refractivity (Wildman–Crippen MR) is 70.9 cm³/mol. The van der Waals surface area contributed by atoms with Crippen LogP contribution in [0.4, 0.5) is 0 Å². The first-order chi connectivity index (χ1) is 8.99. The Morgan fingerprint density at radius 3 is 2.84 bits per heavy atom. The molecule has 1 fully saturated rings. The van der Waals surface area contributed by atoms with E-state index in [0.29, 0.717) is 11.7 Å². The lowest BCUT2D eigenvalue weighted by atomic mass is 10.1. The third-order valence-electron chi connectivity index (χ3n) is 3.80. The van der Waals surface area contributed by atoms with Gasteiger partial charge in [0.05, 0.1) is 12.0 Å². The number of carbonyl (C=O) groups is 1. The molecule has 0 amide bonds. The minimum absolute atomic E-state index is 0.0431. The van der Waals surface area contributed by atoms with Crippen LogP contribution < -0.4 is 0 Å². The summed E-state index contributed by atoms with van der Waals surface area (Å²) >= 11 is 0. The molecule has 1 aliphatic heterocycles. The monoisotopic (exact) mass is 266 g/mol.